The normalized spacial score (nSPS) is 9.93. The molecule has 0 saturated heterocycles. The van der Waals surface area contributed by atoms with E-state index in [-0.39, 0.29) is 0 Å². The Morgan fingerprint density at radius 2 is 2.07 bits per heavy atom. The van der Waals surface area contributed by atoms with Crippen molar-refractivity contribution in [1.82, 2.24) is 15.0 Å². The van der Waals surface area contributed by atoms with E-state index in [9.17, 15) is 0 Å². The number of benzene rings is 1. The summed E-state index contributed by atoms with van der Waals surface area (Å²) in [5, 5.41) is 17.4. The first kappa shape index (κ1) is 9.69. The molecule has 0 aliphatic rings. The van der Waals surface area contributed by atoms with E-state index in [1.165, 1.54) is 4.80 Å². The van der Waals surface area contributed by atoms with Crippen molar-refractivity contribution in [1.29, 1.82) is 5.26 Å². The van der Waals surface area contributed by atoms with E-state index in [0.717, 1.165) is 0 Å². The first-order chi connectivity index (χ1) is 7.22. The van der Waals surface area contributed by atoms with Gasteiger partial charge in [0.25, 0.3) is 0 Å². The van der Waals surface area contributed by atoms with E-state index in [2.05, 4.69) is 10.2 Å². The summed E-state index contributed by atoms with van der Waals surface area (Å²) in [6, 6.07) is 9.18. The van der Waals surface area contributed by atoms with Gasteiger partial charge in [0.2, 0.25) is 0 Å². The van der Waals surface area contributed by atoms with Gasteiger partial charge in [-0.2, -0.15) is 10.4 Å². The summed E-state index contributed by atoms with van der Waals surface area (Å²) in [6.07, 6.45) is 0. The topological polar surface area (TPSA) is 54.5 Å². The van der Waals surface area contributed by atoms with Gasteiger partial charge in [-0.15, -0.1) is 9.90 Å². The summed E-state index contributed by atoms with van der Waals surface area (Å²) in [5.41, 5.74) is 1.58. The van der Waals surface area contributed by atoms with Crippen LogP contribution in [0.15, 0.2) is 24.3 Å². The summed E-state index contributed by atoms with van der Waals surface area (Å²) in [7, 11) is 0. The third-order valence-electron chi connectivity index (χ3n) is 1.96. The average Bonchev–Trinajstić information content (AvgIpc) is 2.60. The Morgan fingerprint density at radius 3 is 2.67 bits per heavy atom. The minimum Gasteiger partial charge on any atom is -0.191 e. The van der Waals surface area contributed by atoms with Gasteiger partial charge in [0.05, 0.1) is 10.7 Å². The van der Waals surface area contributed by atoms with Crippen LogP contribution in [0.1, 0.15) is 11.4 Å². The number of hydrogen-bond donors (Lipinski definition) is 0. The van der Waals surface area contributed by atoms with E-state index < -0.39 is 0 Å². The molecule has 2 aromatic rings. The van der Waals surface area contributed by atoms with Crippen LogP contribution in [0.5, 0.6) is 0 Å². The van der Waals surface area contributed by atoms with Crippen molar-refractivity contribution in [3.63, 3.8) is 0 Å². The van der Waals surface area contributed by atoms with Crippen LogP contribution in [0, 0.1) is 18.3 Å². The van der Waals surface area contributed by atoms with Gasteiger partial charge in [0.15, 0.2) is 5.69 Å². The van der Waals surface area contributed by atoms with Crippen LogP contribution < -0.4 is 0 Å². The van der Waals surface area contributed by atoms with Crippen LogP contribution in [0.4, 0.5) is 0 Å². The van der Waals surface area contributed by atoms with Crippen LogP contribution >= 0.6 is 11.6 Å². The molecule has 1 aromatic heterocycles. The summed E-state index contributed by atoms with van der Waals surface area (Å²) < 4.78 is 0. The zero-order valence-corrected chi connectivity index (χ0v) is 8.73. The third kappa shape index (κ3) is 1.69. The molecule has 0 bridgehead atoms. The monoisotopic (exact) mass is 218 g/mol. The molecule has 5 heteroatoms. The van der Waals surface area contributed by atoms with Gasteiger partial charge >= 0.3 is 0 Å². The highest BCUT2D eigenvalue weighted by atomic mass is 35.5. The molecule has 1 aromatic carbocycles. The molecule has 0 saturated carbocycles. The first-order valence-corrected chi connectivity index (χ1v) is 4.69. The standard InChI is InChI=1S/C10H7ClN4/c1-7-9(6-12)14-15(13-7)10-5-3-2-4-8(10)11/h2-5H,1H3. The van der Waals surface area contributed by atoms with Gasteiger partial charge in [-0.3, -0.25) is 0 Å². The molecule has 74 valence electrons. The summed E-state index contributed by atoms with van der Waals surface area (Å²) in [6.45, 7) is 1.74. The van der Waals surface area contributed by atoms with Crippen molar-refractivity contribution in [2.24, 2.45) is 0 Å². The molecule has 0 aliphatic carbocycles. The van der Waals surface area contributed by atoms with Crippen LogP contribution in [-0.4, -0.2) is 15.0 Å². The molecule has 15 heavy (non-hydrogen) atoms. The predicted molar refractivity (Wildman–Crippen MR) is 55.8 cm³/mol. The molecule has 0 N–H and O–H groups in total. The predicted octanol–water partition coefficient (Wildman–Crippen LogP) is 2.10. The molecular formula is C10H7ClN4. The largest absolute Gasteiger partial charge is 0.191 e. The minimum atomic E-state index is 0.315. The zero-order chi connectivity index (χ0) is 10.8. The first-order valence-electron chi connectivity index (χ1n) is 4.31. The Hall–Kier alpha value is -1.86. The van der Waals surface area contributed by atoms with E-state index >= 15 is 0 Å². The van der Waals surface area contributed by atoms with Crippen molar-refractivity contribution < 1.29 is 0 Å². The minimum absolute atomic E-state index is 0.315. The SMILES string of the molecule is Cc1nn(-c2ccccc2Cl)nc1C#N. The molecule has 1 heterocycles. The second kappa shape index (κ2) is 3.71. The number of nitriles is 1. The van der Waals surface area contributed by atoms with E-state index in [0.29, 0.717) is 22.1 Å². The Morgan fingerprint density at radius 1 is 1.33 bits per heavy atom. The van der Waals surface area contributed by atoms with Gasteiger partial charge in [-0.05, 0) is 19.1 Å². The molecule has 4 nitrogen and oxygen atoms in total. The lowest BCUT2D eigenvalue weighted by Crippen LogP contribution is -1.99. The average molecular weight is 219 g/mol. The third-order valence-corrected chi connectivity index (χ3v) is 2.28. The second-order valence-electron chi connectivity index (χ2n) is 2.99. The van der Waals surface area contributed by atoms with Crippen molar-refractivity contribution >= 4 is 11.6 Å². The van der Waals surface area contributed by atoms with Crippen LogP contribution in [-0.2, 0) is 0 Å². The van der Waals surface area contributed by atoms with Gasteiger partial charge < -0.3 is 0 Å². The number of hydrogen-bond acceptors (Lipinski definition) is 3. The van der Waals surface area contributed by atoms with Crippen LogP contribution in [0.3, 0.4) is 0 Å². The lowest BCUT2D eigenvalue weighted by Gasteiger charge is -2.00. The number of aryl methyl sites for hydroxylation is 1. The number of halogens is 1. The molecule has 0 atom stereocenters. The molecule has 0 radical (unpaired) electrons. The van der Waals surface area contributed by atoms with Gasteiger partial charge in [0.1, 0.15) is 11.8 Å². The zero-order valence-electron chi connectivity index (χ0n) is 7.98. The fourth-order valence-electron chi connectivity index (χ4n) is 1.20. The van der Waals surface area contributed by atoms with Crippen molar-refractivity contribution in [2.75, 3.05) is 0 Å². The quantitative estimate of drug-likeness (QED) is 0.737. The van der Waals surface area contributed by atoms with Crippen molar-refractivity contribution in [2.45, 2.75) is 6.92 Å². The number of rotatable bonds is 1. The van der Waals surface area contributed by atoms with Crippen molar-refractivity contribution in [3.8, 4) is 11.8 Å². The van der Waals surface area contributed by atoms with Crippen LogP contribution in [0.25, 0.3) is 5.69 Å². The fourth-order valence-corrected chi connectivity index (χ4v) is 1.42. The van der Waals surface area contributed by atoms with Gasteiger partial charge in [0, 0.05) is 0 Å². The molecular weight excluding hydrogens is 212 g/mol. The maximum atomic E-state index is 8.75. The Kier molecular flexibility index (Phi) is 2.40. The van der Waals surface area contributed by atoms with E-state index in [1.807, 2.05) is 18.2 Å². The fraction of sp³-hybridized carbons (Fsp3) is 0.100. The summed E-state index contributed by atoms with van der Waals surface area (Å²) >= 11 is 5.98. The Bertz CT molecular complexity index is 539. The highest BCUT2D eigenvalue weighted by molar-refractivity contribution is 6.32. The Balaban J connectivity index is 2.56. The van der Waals surface area contributed by atoms with E-state index in [1.54, 1.807) is 19.1 Å². The molecule has 0 unspecified atom stereocenters. The highest BCUT2D eigenvalue weighted by Gasteiger charge is 2.09. The molecule has 0 amide bonds. The van der Waals surface area contributed by atoms with Crippen molar-refractivity contribution in [3.05, 3.63) is 40.7 Å². The van der Waals surface area contributed by atoms with E-state index in [4.69, 9.17) is 16.9 Å². The lowest BCUT2D eigenvalue weighted by atomic mass is 10.3. The molecule has 2 rings (SSSR count). The molecule has 0 fully saturated rings. The smallest absolute Gasteiger partial charge is 0.186 e. The summed E-state index contributed by atoms with van der Waals surface area (Å²) in [5.74, 6) is 0. The second-order valence-corrected chi connectivity index (χ2v) is 3.39. The highest BCUT2D eigenvalue weighted by Crippen LogP contribution is 2.18. The number of para-hydroxylation sites is 1. The maximum absolute atomic E-state index is 8.75. The Labute approximate surface area is 91.7 Å². The number of aromatic nitrogens is 3. The number of nitrogens with zero attached hydrogens (tertiary/aromatic N) is 4. The maximum Gasteiger partial charge on any atom is 0.186 e. The molecule has 0 spiro atoms. The lowest BCUT2D eigenvalue weighted by molar-refractivity contribution is 0.744. The van der Waals surface area contributed by atoms with Crippen LogP contribution in [0.2, 0.25) is 5.02 Å². The molecule has 0 aliphatic heterocycles. The summed E-state index contributed by atoms with van der Waals surface area (Å²) in [4.78, 5) is 1.37. The van der Waals surface area contributed by atoms with Gasteiger partial charge in [-0.25, -0.2) is 0 Å². The van der Waals surface area contributed by atoms with Gasteiger partial charge in [-0.1, -0.05) is 23.7 Å².